The lowest BCUT2D eigenvalue weighted by Gasteiger charge is -2.20. The molecule has 0 N–H and O–H groups in total. The third kappa shape index (κ3) is 4.82. The second-order valence-electron chi connectivity index (χ2n) is 7.41. The van der Waals surface area contributed by atoms with E-state index in [2.05, 4.69) is 39.0 Å². The number of rotatable bonds is 5. The molecule has 0 atom stereocenters. The highest BCUT2D eigenvalue weighted by atomic mass is 19.1. The highest BCUT2D eigenvalue weighted by Gasteiger charge is 2.18. The van der Waals surface area contributed by atoms with E-state index in [4.69, 9.17) is 4.52 Å². The maximum atomic E-state index is 13.1. The molecular weight excluding hydrogens is 355 g/mol. The van der Waals surface area contributed by atoms with Crippen LogP contribution in [0.4, 0.5) is 4.39 Å². The first kappa shape index (κ1) is 18.8. The highest BCUT2D eigenvalue weighted by molar-refractivity contribution is 5.54. The van der Waals surface area contributed by atoms with Crippen LogP contribution in [0, 0.1) is 12.7 Å². The average molecular weight is 380 g/mol. The van der Waals surface area contributed by atoms with Crippen molar-refractivity contribution >= 4 is 0 Å². The summed E-state index contributed by atoms with van der Waals surface area (Å²) in [6.45, 7) is 7.54. The zero-order chi connectivity index (χ0) is 19.3. The normalized spacial score (nSPS) is 16.2. The molecule has 0 aliphatic carbocycles. The van der Waals surface area contributed by atoms with E-state index in [-0.39, 0.29) is 5.82 Å². The van der Waals surface area contributed by atoms with Crippen LogP contribution in [-0.2, 0) is 13.1 Å². The summed E-state index contributed by atoms with van der Waals surface area (Å²) in [5.74, 6) is 1.11. The largest absolute Gasteiger partial charge is 0.338 e. The Balaban J connectivity index is 1.32. The van der Waals surface area contributed by atoms with E-state index in [0.717, 1.165) is 50.3 Å². The molecule has 1 saturated heterocycles. The fourth-order valence-electron chi connectivity index (χ4n) is 3.52. The predicted molar refractivity (Wildman–Crippen MR) is 106 cm³/mol. The first-order chi connectivity index (χ1) is 13.7. The molecule has 0 spiro atoms. The van der Waals surface area contributed by atoms with Gasteiger partial charge < -0.3 is 4.52 Å². The Hall–Kier alpha value is -2.57. The minimum Gasteiger partial charge on any atom is -0.338 e. The zero-order valence-electron chi connectivity index (χ0n) is 16.1. The van der Waals surface area contributed by atoms with Gasteiger partial charge in [-0.25, -0.2) is 4.39 Å². The highest BCUT2D eigenvalue weighted by Crippen LogP contribution is 2.18. The molecule has 146 valence electrons. The van der Waals surface area contributed by atoms with Crippen LogP contribution in [0.15, 0.2) is 53.1 Å². The first-order valence-electron chi connectivity index (χ1n) is 9.74. The number of hydrogen-bond acceptors (Lipinski definition) is 5. The minimum atomic E-state index is -0.185. The Morgan fingerprint density at radius 1 is 0.893 bits per heavy atom. The van der Waals surface area contributed by atoms with Crippen molar-refractivity contribution in [3.8, 4) is 11.4 Å². The van der Waals surface area contributed by atoms with Crippen molar-refractivity contribution in [1.29, 1.82) is 0 Å². The lowest BCUT2D eigenvalue weighted by atomic mass is 10.1. The standard InChI is InChI=1S/C22H25FN4O/c1-17-3-7-19(8-4-17)22-24-21(28-25-22)16-27-12-2-11-26(13-14-27)15-18-5-9-20(23)10-6-18/h3-10H,2,11-16H2,1H3. The van der Waals surface area contributed by atoms with Crippen LogP contribution in [0.1, 0.15) is 23.4 Å². The molecule has 1 aromatic heterocycles. The van der Waals surface area contributed by atoms with Crippen LogP contribution < -0.4 is 0 Å². The molecule has 0 radical (unpaired) electrons. The van der Waals surface area contributed by atoms with Crippen LogP contribution in [0.5, 0.6) is 0 Å². The lowest BCUT2D eigenvalue weighted by Crippen LogP contribution is -2.30. The van der Waals surface area contributed by atoms with E-state index in [1.807, 2.05) is 24.3 Å². The lowest BCUT2D eigenvalue weighted by molar-refractivity contribution is 0.222. The molecule has 1 aliphatic heterocycles. The van der Waals surface area contributed by atoms with Crippen LogP contribution >= 0.6 is 0 Å². The predicted octanol–water partition coefficient (Wildman–Crippen LogP) is 3.89. The minimum absolute atomic E-state index is 0.185. The van der Waals surface area contributed by atoms with Gasteiger partial charge in [0.2, 0.25) is 11.7 Å². The third-order valence-corrected chi connectivity index (χ3v) is 5.14. The van der Waals surface area contributed by atoms with Gasteiger partial charge in [0, 0.05) is 25.2 Å². The second kappa shape index (κ2) is 8.63. The Morgan fingerprint density at radius 3 is 2.29 bits per heavy atom. The van der Waals surface area contributed by atoms with E-state index >= 15 is 0 Å². The Morgan fingerprint density at radius 2 is 1.57 bits per heavy atom. The molecule has 0 amide bonds. The summed E-state index contributed by atoms with van der Waals surface area (Å²) in [7, 11) is 0. The summed E-state index contributed by atoms with van der Waals surface area (Å²) in [4.78, 5) is 9.34. The van der Waals surface area contributed by atoms with Crippen molar-refractivity contribution in [1.82, 2.24) is 19.9 Å². The summed E-state index contributed by atoms with van der Waals surface area (Å²) >= 11 is 0. The Bertz CT molecular complexity index is 892. The van der Waals surface area contributed by atoms with Crippen molar-refractivity contribution in [3.05, 3.63) is 71.4 Å². The van der Waals surface area contributed by atoms with Crippen molar-refractivity contribution < 1.29 is 8.91 Å². The third-order valence-electron chi connectivity index (χ3n) is 5.14. The molecule has 2 heterocycles. The fraction of sp³-hybridized carbons (Fsp3) is 0.364. The number of hydrogen-bond donors (Lipinski definition) is 0. The van der Waals surface area contributed by atoms with Crippen LogP contribution in [-0.4, -0.2) is 46.1 Å². The van der Waals surface area contributed by atoms with Gasteiger partial charge in [0.1, 0.15) is 5.82 Å². The number of aryl methyl sites for hydroxylation is 1. The number of aromatic nitrogens is 2. The summed E-state index contributed by atoms with van der Waals surface area (Å²) in [6, 6.07) is 14.9. The summed E-state index contributed by atoms with van der Waals surface area (Å²) in [5, 5.41) is 4.13. The summed E-state index contributed by atoms with van der Waals surface area (Å²) in [6.07, 6.45) is 1.08. The molecule has 0 bridgehead atoms. The number of nitrogens with zero attached hydrogens (tertiary/aromatic N) is 4. The van der Waals surface area contributed by atoms with Gasteiger partial charge >= 0.3 is 0 Å². The van der Waals surface area contributed by atoms with Gasteiger partial charge in [0.15, 0.2) is 0 Å². The van der Waals surface area contributed by atoms with E-state index in [1.54, 1.807) is 0 Å². The molecule has 3 aromatic rings. The molecule has 1 aliphatic rings. The smallest absolute Gasteiger partial charge is 0.241 e. The van der Waals surface area contributed by atoms with Crippen LogP contribution in [0.3, 0.4) is 0 Å². The van der Waals surface area contributed by atoms with E-state index in [9.17, 15) is 4.39 Å². The van der Waals surface area contributed by atoms with E-state index < -0.39 is 0 Å². The van der Waals surface area contributed by atoms with Gasteiger partial charge in [0.05, 0.1) is 6.54 Å². The van der Waals surface area contributed by atoms with Gasteiger partial charge in [-0.2, -0.15) is 4.98 Å². The quantitative estimate of drug-likeness (QED) is 0.672. The molecule has 6 heteroatoms. The monoisotopic (exact) mass is 380 g/mol. The zero-order valence-corrected chi connectivity index (χ0v) is 16.1. The molecule has 0 saturated carbocycles. The van der Waals surface area contributed by atoms with Crippen molar-refractivity contribution in [2.24, 2.45) is 0 Å². The second-order valence-corrected chi connectivity index (χ2v) is 7.41. The molecule has 1 fully saturated rings. The molecule has 2 aromatic carbocycles. The number of halogens is 1. The van der Waals surface area contributed by atoms with E-state index in [1.165, 1.54) is 17.7 Å². The van der Waals surface area contributed by atoms with Crippen molar-refractivity contribution in [3.63, 3.8) is 0 Å². The Labute approximate surface area is 164 Å². The first-order valence-corrected chi connectivity index (χ1v) is 9.74. The number of benzene rings is 2. The molecule has 4 rings (SSSR count). The summed E-state index contributed by atoms with van der Waals surface area (Å²) < 4.78 is 18.6. The van der Waals surface area contributed by atoms with Gasteiger partial charge in [-0.05, 0) is 44.1 Å². The molecule has 5 nitrogen and oxygen atoms in total. The van der Waals surface area contributed by atoms with Gasteiger partial charge in [-0.1, -0.05) is 47.1 Å². The van der Waals surface area contributed by atoms with E-state index in [0.29, 0.717) is 18.3 Å². The SMILES string of the molecule is Cc1ccc(-c2noc(CN3CCCN(Cc4ccc(F)cc4)CC3)n2)cc1. The van der Waals surface area contributed by atoms with Crippen molar-refractivity contribution in [2.45, 2.75) is 26.4 Å². The van der Waals surface area contributed by atoms with Crippen LogP contribution in [0.2, 0.25) is 0 Å². The van der Waals surface area contributed by atoms with Crippen LogP contribution in [0.25, 0.3) is 11.4 Å². The van der Waals surface area contributed by atoms with Gasteiger partial charge in [-0.15, -0.1) is 0 Å². The van der Waals surface area contributed by atoms with Gasteiger partial charge in [0.25, 0.3) is 0 Å². The maximum absolute atomic E-state index is 13.1. The Kier molecular flexibility index (Phi) is 5.78. The van der Waals surface area contributed by atoms with Gasteiger partial charge in [-0.3, -0.25) is 9.80 Å². The summed E-state index contributed by atoms with van der Waals surface area (Å²) in [5.41, 5.74) is 3.33. The molecule has 0 unspecified atom stereocenters. The van der Waals surface area contributed by atoms with Crippen molar-refractivity contribution in [2.75, 3.05) is 26.2 Å². The average Bonchev–Trinajstić information content (AvgIpc) is 3.05. The fourth-order valence-corrected chi connectivity index (χ4v) is 3.52. The molecule has 28 heavy (non-hydrogen) atoms. The topological polar surface area (TPSA) is 45.4 Å². The molecular formula is C22H25FN4O. The maximum Gasteiger partial charge on any atom is 0.241 e.